The predicted octanol–water partition coefficient (Wildman–Crippen LogP) is 1.15. The van der Waals surface area contributed by atoms with Crippen molar-refractivity contribution in [1.82, 2.24) is 4.57 Å². The van der Waals surface area contributed by atoms with E-state index in [0.717, 1.165) is 4.57 Å². The average Bonchev–Trinajstić information content (AvgIpc) is 2.39. The minimum Gasteiger partial charge on any atom is -0.494 e. The number of benzene rings is 1. The molecule has 0 aliphatic heterocycles. The number of aromatic hydroxyl groups is 1. The fourth-order valence-electron chi connectivity index (χ4n) is 1.93. The summed E-state index contributed by atoms with van der Waals surface area (Å²) in [7, 11) is -3.02. The maximum atomic E-state index is 11.7. The van der Waals surface area contributed by atoms with Crippen LogP contribution >= 0.6 is 0 Å². The Morgan fingerprint density at radius 2 is 1.80 bits per heavy atom. The Morgan fingerprint density at radius 1 is 1.20 bits per heavy atom. The molecule has 0 bridgehead atoms. The van der Waals surface area contributed by atoms with Crippen LogP contribution in [0.3, 0.4) is 0 Å². The summed E-state index contributed by atoms with van der Waals surface area (Å²) in [6.45, 7) is 0. The predicted molar refractivity (Wildman–Crippen MR) is 74.0 cm³/mol. The lowest BCUT2D eigenvalue weighted by Gasteiger charge is -2.13. The van der Waals surface area contributed by atoms with Gasteiger partial charge in [0.05, 0.1) is 0 Å². The molecule has 2 aromatic rings. The zero-order chi connectivity index (χ0) is 14.9. The average molecular weight is 295 g/mol. The van der Waals surface area contributed by atoms with E-state index in [0.29, 0.717) is 5.56 Å². The van der Waals surface area contributed by atoms with E-state index < -0.39 is 27.3 Å². The first kappa shape index (κ1) is 14.3. The van der Waals surface area contributed by atoms with Gasteiger partial charge in [-0.05, 0) is 11.1 Å². The number of nitrogens with zero attached hydrogens (tertiary/aromatic N) is 1. The zero-order valence-corrected chi connectivity index (χ0v) is 11.5. The van der Waals surface area contributed by atoms with E-state index in [2.05, 4.69) is 0 Å². The van der Waals surface area contributed by atoms with Crippen molar-refractivity contribution in [1.29, 1.82) is 0 Å². The molecule has 7 heteroatoms. The molecule has 0 radical (unpaired) electrons. The molecule has 0 amide bonds. The van der Waals surface area contributed by atoms with Crippen molar-refractivity contribution in [2.75, 3.05) is 0 Å². The van der Waals surface area contributed by atoms with Crippen LogP contribution < -0.4 is 5.56 Å². The van der Waals surface area contributed by atoms with Crippen molar-refractivity contribution >= 4 is 10.1 Å². The molecule has 6 nitrogen and oxygen atoms in total. The highest BCUT2D eigenvalue weighted by Gasteiger charge is 2.19. The van der Waals surface area contributed by atoms with Gasteiger partial charge in [0.25, 0.3) is 15.7 Å². The summed E-state index contributed by atoms with van der Waals surface area (Å²) in [6, 6.07) is 9.81. The van der Waals surface area contributed by atoms with Crippen LogP contribution in [0.4, 0.5) is 0 Å². The normalized spacial score (nSPS) is 11.5. The summed E-state index contributed by atoms with van der Waals surface area (Å²) in [5, 5.41) is 9.97. The molecular formula is C13H13NO5S. The molecule has 0 fully saturated rings. The summed E-state index contributed by atoms with van der Waals surface area (Å²) in [5.74, 6) is -1.24. The molecule has 0 atom stereocenters. The van der Waals surface area contributed by atoms with Gasteiger partial charge in [0.2, 0.25) is 0 Å². The van der Waals surface area contributed by atoms with Crippen molar-refractivity contribution < 1.29 is 18.1 Å². The molecule has 0 unspecified atom stereocenters. The SMILES string of the molecule is Cn1c(O)c(CS(=O)(=O)O)c(-c2ccccc2)cc1=O. The van der Waals surface area contributed by atoms with Crippen LogP contribution in [0, 0.1) is 0 Å². The lowest BCUT2D eigenvalue weighted by Crippen LogP contribution is -2.18. The first-order valence-electron chi connectivity index (χ1n) is 5.72. The van der Waals surface area contributed by atoms with Crippen LogP contribution in [-0.2, 0) is 22.9 Å². The van der Waals surface area contributed by atoms with Gasteiger partial charge >= 0.3 is 0 Å². The molecule has 0 saturated heterocycles. The van der Waals surface area contributed by atoms with E-state index in [9.17, 15) is 18.3 Å². The van der Waals surface area contributed by atoms with Gasteiger partial charge in [0.1, 0.15) is 5.75 Å². The molecule has 20 heavy (non-hydrogen) atoms. The van der Waals surface area contributed by atoms with Crippen molar-refractivity contribution in [3.8, 4) is 17.0 Å². The Balaban J connectivity index is 2.76. The van der Waals surface area contributed by atoms with Gasteiger partial charge in [0, 0.05) is 18.7 Å². The van der Waals surface area contributed by atoms with Crippen molar-refractivity contribution in [2.24, 2.45) is 7.05 Å². The highest BCUT2D eigenvalue weighted by molar-refractivity contribution is 7.85. The second-order valence-electron chi connectivity index (χ2n) is 4.35. The number of aromatic nitrogens is 1. The minimum atomic E-state index is -4.34. The molecule has 0 spiro atoms. The van der Waals surface area contributed by atoms with Crippen LogP contribution in [-0.4, -0.2) is 22.6 Å². The molecule has 1 aromatic carbocycles. The number of rotatable bonds is 3. The number of hydrogen-bond donors (Lipinski definition) is 2. The maximum Gasteiger partial charge on any atom is 0.269 e. The molecule has 2 rings (SSSR count). The van der Waals surface area contributed by atoms with Crippen LogP contribution in [0.1, 0.15) is 5.56 Å². The summed E-state index contributed by atoms with van der Waals surface area (Å²) in [5.41, 5.74) is 0.379. The third kappa shape index (κ3) is 2.89. The monoisotopic (exact) mass is 295 g/mol. The zero-order valence-electron chi connectivity index (χ0n) is 10.6. The van der Waals surface area contributed by atoms with E-state index >= 15 is 0 Å². The van der Waals surface area contributed by atoms with Gasteiger partial charge < -0.3 is 5.11 Å². The van der Waals surface area contributed by atoms with Gasteiger partial charge in [-0.15, -0.1) is 0 Å². The molecule has 0 saturated carbocycles. The Labute approximate surface area is 115 Å². The Bertz CT molecular complexity index is 794. The lowest BCUT2D eigenvalue weighted by molar-refractivity contribution is 0.416. The third-order valence-corrected chi connectivity index (χ3v) is 3.58. The fraction of sp³-hybridized carbons (Fsp3) is 0.154. The van der Waals surface area contributed by atoms with Crippen LogP contribution in [0.5, 0.6) is 5.88 Å². The summed E-state index contributed by atoms with van der Waals surface area (Å²) >= 11 is 0. The van der Waals surface area contributed by atoms with E-state index in [1.54, 1.807) is 30.3 Å². The largest absolute Gasteiger partial charge is 0.494 e. The first-order valence-corrected chi connectivity index (χ1v) is 7.33. The Hall–Kier alpha value is -2.12. The Morgan fingerprint density at radius 3 is 2.35 bits per heavy atom. The standard InChI is InChI=1S/C13H13NO5S/c1-14-12(15)7-10(9-5-3-2-4-6-9)11(13(14)16)8-20(17,18)19/h2-7,16H,8H2,1H3,(H,17,18,19). The topological polar surface area (TPSA) is 96.6 Å². The van der Waals surface area contributed by atoms with Gasteiger partial charge in [-0.2, -0.15) is 8.42 Å². The maximum absolute atomic E-state index is 11.7. The summed E-state index contributed by atoms with van der Waals surface area (Å²) in [6.07, 6.45) is 0. The van der Waals surface area contributed by atoms with Crippen LogP contribution in [0.25, 0.3) is 11.1 Å². The number of hydrogen-bond acceptors (Lipinski definition) is 4. The molecule has 1 aromatic heterocycles. The molecule has 106 valence electrons. The number of pyridine rings is 1. The fourth-order valence-corrected chi connectivity index (χ4v) is 2.58. The smallest absolute Gasteiger partial charge is 0.269 e. The molecule has 2 N–H and O–H groups in total. The second-order valence-corrected chi connectivity index (χ2v) is 5.80. The summed E-state index contributed by atoms with van der Waals surface area (Å²) < 4.78 is 32.1. The molecular weight excluding hydrogens is 282 g/mol. The Kier molecular flexibility index (Phi) is 3.65. The van der Waals surface area contributed by atoms with E-state index in [-0.39, 0.29) is 11.1 Å². The van der Waals surface area contributed by atoms with Gasteiger partial charge in [-0.1, -0.05) is 30.3 Å². The molecule has 1 heterocycles. The van der Waals surface area contributed by atoms with Gasteiger partial charge in [-0.3, -0.25) is 13.9 Å². The molecule has 0 aliphatic carbocycles. The van der Waals surface area contributed by atoms with E-state index in [1.165, 1.54) is 13.1 Å². The van der Waals surface area contributed by atoms with Gasteiger partial charge in [0.15, 0.2) is 5.88 Å². The van der Waals surface area contributed by atoms with Crippen molar-refractivity contribution in [2.45, 2.75) is 5.75 Å². The van der Waals surface area contributed by atoms with Gasteiger partial charge in [-0.25, -0.2) is 0 Å². The second kappa shape index (κ2) is 5.10. The minimum absolute atomic E-state index is 0.0131. The highest BCUT2D eigenvalue weighted by Crippen LogP contribution is 2.29. The van der Waals surface area contributed by atoms with Crippen molar-refractivity contribution in [3.05, 3.63) is 52.3 Å². The highest BCUT2D eigenvalue weighted by atomic mass is 32.2. The van der Waals surface area contributed by atoms with Crippen LogP contribution in [0.2, 0.25) is 0 Å². The van der Waals surface area contributed by atoms with Crippen molar-refractivity contribution in [3.63, 3.8) is 0 Å². The van der Waals surface area contributed by atoms with Crippen LogP contribution in [0.15, 0.2) is 41.2 Å². The third-order valence-electron chi connectivity index (χ3n) is 2.92. The van der Waals surface area contributed by atoms with E-state index in [4.69, 9.17) is 4.55 Å². The lowest BCUT2D eigenvalue weighted by atomic mass is 10.0. The first-order chi connectivity index (χ1) is 9.29. The molecule has 0 aliphatic rings. The van der Waals surface area contributed by atoms with E-state index in [1.807, 2.05) is 0 Å². The quantitative estimate of drug-likeness (QED) is 0.828. The summed E-state index contributed by atoms with van der Waals surface area (Å²) in [4.78, 5) is 11.7.